The molecule has 1 aliphatic carbocycles. The van der Waals surface area contributed by atoms with Crippen LogP contribution in [0.25, 0.3) is 0 Å². The molecule has 0 unspecified atom stereocenters. The number of hydrogen-bond donors (Lipinski definition) is 1. The van der Waals surface area contributed by atoms with Gasteiger partial charge in [-0.1, -0.05) is 0 Å². The van der Waals surface area contributed by atoms with Crippen molar-refractivity contribution in [3.8, 4) is 28.7 Å². The molecule has 34 heavy (non-hydrogen) atoms. The fraction of sp³-hybridized carbons (Fsp3) is 0.417. The first-order chi connectivity index (χ1) is 16.5. The molecule has 180 valence electrons. The lowest BCUT2D eigenvalue weighted by atomic mass is 9.65. The second kappa shape index (κ2) is 8.58. The number of cyclic esters (lactones) is 1. The summed E-state index contributed by atoms with van der Waals surface area (Å²) in [5.74, 6) is -0.345. The molecule has 2 aromatic carbocycles. The topological polar surface area (TPSA) is 102 Å². The van der Waals surface area contributed by atoms with E-state index in [1.165, 1.54) is 21.3 Å². The van der Waals surface area contributed by atoms with Gasteiger partial charge >= 0.3 is 5.97 Å². The minimum atomic E-state index is -1.17. The number of fused-ring (bicyclic) bond motifs is 3. The second-order valence-corrected chi connectivity index (χ2v) is 8.27. The minimum Gasteiger partial charge on any atom is -0.493 e. The molecular formula is C24H24FNO8. The lowest BCUT2D eigenvalue weighted by Gasteiger charge is -2.39. The third kappa shape index (κ3) is 3.36. The number of benzene rings is 2. The Hall–Kier alpha value is -3.69. The highest BCUT2D eigenvalue weighted by Gasteiger charge is 2.53. The first-order valence-electron chi connectivity index (χ1n) is 10.8. The summed E-state index contributed by atoms with van der Waals surface area (Å²) in [7, 11) is 4.55. The van der Waals surface area contributed by atoms with Crippen molar-refractivity contribution in [1.82, 2.24) is 5.32 Å². The zero-order valence-corrected chi connectivity index (χ0v) is 18.9. The van der Waals surface area contributed by atoms with E-state index in [0.717, 1.165) is 11.1 Å². The Bertz CT molecular complexity index is 1130. The van der Waals surface area contributed by atoms with Crippen LogP contribution in [-0.2, 0) is 14.3 Å². The monoisotopic (exact) mass is 473 g/mol. The Balaban J connectivity index is 1.73. The van der Waals surface area contributed by atoms with Crippen molar-refractivity contribution in [3.05, 3.63) is 41.0 Å². The average Bonchev–Trinajstić information content (AvgIpc) is 3.48. The molecule has 5 rings (SSSR count). The molecule has 3 aliphatic rings. The van der Waals surface area contributed by atoms with Crippen molar-refractivity contribution in [2.45, 2.75) is 12.0 Å². The summed E-state index contributed by atoms with van der Waals surface area (Å²) in [4.78, 5) is 25.1. The predicted molar refractivity (Wildman–Crippen MR) is 115 cm³/mol. The van der Waals surface area contributed by atoms with Gasteiger partial charge in [-0.25, -0.2) is 4.39 Å². The highest BCUT2D eigenvalue weighted by atomic mass is 19.1. The number of alkyl halides is 1. The molecule has 0 saturated carbocycles. The van der Waals surface area contributed by atoms with Gasteiger partial charge in [0.05, 0.1) is 39.9 Å². The van der Waals surface area contributed by atoms with E-state index in [1.807, 2.05) is 6.07 Å². The molecule has 1 amide bonds. The van der Waals surface area contributed by atoms with Gasteiger partial charge in [-0.3, -0.25) is 9.59 Å². The number of ether oxygens (including phenoxy) is 6. The Labute approximate surface area is 195 Å². The van der Waals surface area contributed by atoms with Crippen LogP contribution >= 0.6 is 0 Å². The van der Waals surface area contributed by atoms with E-state index in [9.17, 15) is 14.0 Å². The number of carbonyl (C=O) groups excluding carboxylic acids is 2. The quantitative estimate of drug-likeness (QED) is 0.639. The number of rotatable bonds is 6. The summed E-state index contributed by atoms with van der Waals surface area (Å²) < 4.78 is 46.3. The molecule has 1 N–H and O–H groups in total. The van der Waals surface area contributed by atoms with E-state index in [0.29, 0.717) is 34.3 Å². The predicted octanol–water partition coefficient (Wildman–Crippen LogP) is 2.50. The molecule has 0 aromatic heterocycles. The zero-order chi connectivity index (χ0) is 24.0. The maximum atomic E-state index is 13.1. The third-order valence-corrected chi connectivity index (χ3v) is 6.67. The van der Waals surface area contributed by atoms with Gasteiger partial charge in [0.25, 0.3) is 5.91 Å². The van der Waals surface area contributed by atoms with Crippen LogP contribution in [-0.4, -0.2) is 53.3 Å². The molecule has 9 nitrogen and oxygen atoms in total. The van der Waals surface area contributed by atoms with Gasteiger partial charge in [0.1, 0.15) is 0 Å². The fourth-order valence-corrected chi connectivity index (χ4v) is 5.24. The van der Waals surface area contributed by atoms with E-state index in [4.69, 9.17) is 28.4 Å². The standard InChI is InChI=1S/C24H24FNO8/c1-29-17-4-11(5-18(30-2)23(17)31-3)20-12-6-15-16(34-10-33-15)7-13(12)22(26-19(27)8-25)14-9-32-24(28)21(14)20/h4-7,14,20-22H,8-10H2,1-3H3,(H,26,27)/t14-,20+,21-,22+/m0/s1. The Morgan fingerprint density at radius 1 is 1.00 bits per heavy atom. The second-order valence-electron chi connectivity index (χ2n) is 8.27. The normalized spacial score (nSPS) is 24.1. The Morgan fingerprint density at radius 2 is 1.65 bits per heavy atom. The van der Waals surface area contributed by atoms with Crippen LogP contribution in [0.3, 0.4) is 0 Å². The highest BCUT2D eigenvalue weighted by molar-refractivity contribution is 5.81. The van der Waals surface area contributed by atoms with Crippen LogP contribution in [0.2, 0.25) is 0 Å². The largest absolute Gasteiger partial charge is 0.493 e. The summed E-state index contributed by atoms with van der Waals surface area (Å²) in [6.07, 6.45) is 0. The van der Waals surface area contributed by atoms with Crippen molar-refractivity contribution in [3.63, 3.8) is 0 Å². The molecule has 2 aromatic rings. The van der Waals surface area contributed by atoms with Crippen molar-refractivity contribution in [2.75, 3.05) is 41.4 Å². The van der Waals surface area contributed by atoms with E-state index in [-0.39, 0.29) is 13.4 Å². The zero-order valence-electron chi connectivity index (χ0n) is 18.9. The molecule has 2 heterocycles. The molecule has 1 fully saturated rings. The summed E-state index contributed by atoms with van der Waals surface area (Å²) in [6.45, 7) is -1.02. The maximum absolute atomic E-state index is 13.1. The SMILES string of the molecule is COc1cc([C@@H]2c3cc4c(cc3[C@@H](NC(=O)CF)[C@H]3COC(=O)[C@H]23)OCO4)cc(OC)c1OC. The van der Waals surface area contributed by atoms with E-state index >= 15 is 0 Å². The minimum absolute atomic E-state index is 0.0590. The fourth-order valence-electron chi connectivity index (χ4n) is 5.24. The van der Waals surface area contributed by atoms with Gasteiger partial charge in [-0.15, -0.1) is 0 Å². The first kappa shape index (κ1) is 22.1. The molecule has 1 saturated heterocycles. The van der Waals surface area contributed by atoms with Crippen molar-refractivity contribution < 1.29 is 42.4 Å². The van der Waals surface area contributed by atoms with E-state index < -0.39 is 42.3 Å². The molecule has 0 spiro atoms. The van der Waals surface area contributed by atoms with Gasteiger partial charge in [0, 0.05) is 11.8 Å². The van der Waals surface area contributed by atoms with Crippen LogP contribution in [0, 0.1) is 11.8 Å². The number of methoxy groups -OCH3 is 3. The molecule has 2 aliphatic heterocycles. The Morgan fingerprint density at radius 3 is 2.24 bits per heavy atom. The Kier molecular flexibility index (Phi) is 5.59. The van der Waals surface area contributed by atoms with E-state index in [1.54, 1.807) is 18.2 Å². The van der Waals surface area contributed by atoms with Gasteiger partial charge in [-0.05, 0) is 41.0 Å². The van der Waals surface area contributed by atoms with Gasteiger partial charge < -0.3 is 33.7 Å². The maximum Gasteiger partial charge on any atom is 0.310 e. The van der Waals surface area contributed by atoms with Gasteiger partial charge in [-0.2, -0.15) is 0 Å². The molecule has 0 bridgehead atoms. The molecule has 4 atom stereocenters. The van der Waals surface area contributed by atoms with Crippen LogP contribution in [0.5, 0.6) is 28.7 Å². The smallest absolute Gasteiger partial charge is 0.310 e. The van der Waals surface area contributed by atoms with Crippen molar-refractivity contribution >= 4 is 11.9 Å². The summed E-state index contributed by atoms with van der Waals surface area (Å²) >= 11 is 0. The number of nitrogens with one attached hydrogen (secondary N) is 1. The first-order valence-corrected chi connectivity index (χ1v) is 10.8. The summed E-state index contributed by atoms with van der Waals surface area (Å²) in [5.41, 5.74) is 2.19. The van der Waals surface area contributed by atoms with Crippen LogP contribution in [0.4, 0.5) is 4.39 Å². The number of carbonyl (C=O) groups is 2. The number of hydrogen-bond acceptors (Lipinski definition) is 8. The molecular weight excluding hydrogens is 449 g/mol. The summed E-state index contributed by atoms with van der Waals surface area (Å²) in [5, 5.41) is 2.73. The number of halogens is 1. The molecule has 0 radical (unpaired) electrons. The van der Waals surface area contributed by atoms with Gasteiger partial charge in [0.2, 0.25) is 12.5 Å². The van der Waals surface area contributed by atoms with Crippen LogP contribution in [0.1, 0.15) is 28.7 Å². The highest BCUT2D eigenvalue weighted by Crippen LogP contribution is 2.55. The lowest BCUT2D eigenvalue weighted by Crippen LogP contribution is -2.43. The number of amides is 1. The number of esters is 1. The van der Waals surface area contributed by atoms with E-state index in [2.05, 4.69) is 5.32 Å². The van der Waals surface area contributed by atoms with Crippen LogP contribution < -0.4 is 29.0 Å². The van der Waals surface area contributed by atoms with Crippen LogP contribution in [0.15, 0.2) is 24.3 Å². The van der Waals surface area contributed by atoms with Crippen molar-refractivity contribution in [2.24, 2.45) is 11.8 Å². The molecule has 10 heteroatoms. The third-order valence-electron chi connectivity index (χ3n) is 6.67. The average molecular weight is 473 g/mol. The lowest BCUT2D eigenvalue weighted by molar-refractivity contribution is -0.141. The van der Waals surface area contributed by atoms with Gasteiger partial charge in [0.15, 0.2) is 29.7 Å². The summed E-state index contributed by atoms with van der Waals surface area (Å²) in [6, 6.07) is 6.54. The van der Waals surface area contributed by atoms with Crippen molar-refractivity contribution in [1.29, 1.82) is 0 Å².